The summed E-state index contributed by atoms with van der Waals surface area (Å²) < 4.78 is 29.5. The number of hydrogen-bond donors (Lipinski definition) is 3. The summed E-state index contributed by atoms with van der Waals surface area (Å²) in [7, 11) is 0.500. The van der Waals surface area contributed by atoms with Crippen LogP contribution in [-0.4, -0.2) is 30.6 Å². The van der Waals surface area contributed by atoms with Gasteiger partial charge in [0.05, 0.1) is 13.6 Å². The second kappa shape index (κ2) is 15.7. The van der Waals surface area contributed by atoms with Gasteiger partial charge in [-0.25, -0.2) is 14.2 Å². The van der Waals surface area contributed by atoms with Crippen LogP contribution in [0, 0.1) is 5.82 Å². The molecule has 182 valence electrons. The average Bonchev–Trinajstić information content (AvgIpc) is 2.81. The van der Waals surface area contributed by atoms with E-state index in [1.807, 2.05) is 26.0 Å². The lowest BCUT2D eigenvalue weighted by Gasteiger charge is -2.11. The molecule has 34 heavy (non-hydrogen) atoms. The maximum Gasteiger partial charge on any atom is 0.325 e. The lowest BCUT2D eigenvalue weighted by molar-refractivity contribution is -0.119. The van der Waals surface area contributed by atoms with Crippen LogP contribution in [0.4, 0.5) is 25.1 Å². The molecule has 1 aromatic carbocycles. The van der Waals surface area contributed by atoms with Crippen LogP contribution in [0.1, 0.15) is 26.7 Å². The summed E-state index contributed by atoms with van der Waals surface area (Å²) in [6, 6.07) is 6.49. The summed E-state index contributed by atoms with van der Waals surface area (Å²) in [5.74, 6) is -0.129. The summed E-state index contributed by atoms with van der Waals surface area (Å²) in [4.78, 5) is 28.3. The molecule has 0 atom stereocenters. The first-order chi connectivity index (χ1) is 16.4. The van der Waals surface area contributed by atoms with Crippen molar-refractivity contribution < 1.29 is 23.1 Å². The van der Waals surface area contributed by atoms with Crippen molar-refractivity contribution in [3.63, 3.8) is 0 Å². The van der Waals surface area contributed by atoms with Gasteiger partial charge in [0.1, 0.15) is 11.6 Å². The number of hydrogen-bond acceptors (Lipinski definition) is 5. The zero-order valence-corrected chi connectivity index (χ0v) is 19.5. The summed E-state index contributed by atoms with van der Waals surface area (Å²) in [6.45, 7) is 8.10. The van der Waals surface area contributed by atoms with Crippen LogP contribution < -0.4 is 20.7 Å². The molecule has 0 fully saturated rings. The van der Waals surface area contributed by atoms with E-state index in [-0.39, 0.29) is 17.9 Å². The van der Waals surface area contributed by atoms with E-state index in [9.17, 15) is 18.4 Å². The van der Waals surface area contributed by atoms with Gasteiger partial charge in [-0.3, -0.25) is 14.5 Å². The van der Waals surface area contributed by atoms with Gasteiger partial charge in [0.25, 0.3) is 0 Å². The first-order valence-corrected chi connectivity index (χ1v) is 10.5. The Balaban J connectivity index is 0.00000281. The highest BCUT2D eigenvalue weighted by molar-refractivity contribution is 6.01. The molecule has 1 heterocycles. The van der Waals surface area contributed by atoms with Crippen molar-refractivity contribution in [1.82, 2.24) is 10.3 Å². The third kappa shape index (κ3) is 10.1. The Hall–Kier alpha value is -4.01. The number of halogens is 2. The molecular weight excluding hydrogens is 442 g/mol. The number of allylic oxidation sites excluding steroid dienone is 4. The van der Waals surface area contributed by atoms with Crippen LogP contribution >= 0.6 is 0 Å². The first-order valence-electron chi connectivity index (χ1n) is 10.5. The fraction of sp³-hybridized carbons (Fsp3) is 0.240. The standard InChI is InChI=1S/C24H27FN4O3.CH3F/c1-4-7-9-17(8-5-2)14-23(30)29-24(31)28-18-10-11-21(20(25)15-18)32-19-12-13-27-22(16-19)26-6-3;1-2/h4-5,8-13,15-16H,1,6-7,14H2,2-3H3,(H,26,27)(H2,28,29,30,31);1H3/b8-5-,17-9+;. The molecule has 2 aromatic rings. The molecule has 0 aliphatic rings. The van der Waals surface area contributed by atoms with E-state index in [0.717, 1.165) is 11.6 Å². The number of pyridine rings is 1. The minimum atomic E-state index is -0.754. The summed E-state index contributed by atoms with van der Waals surface area (Å²) in [5.41, 5.74) is 0.942. The smallest absolute Gasteiger partial charge is 0.325 e. The van der Waals surface area contributed by atoms with E-state index < -0.39 is 17.8 Å². The number of carbonyl (C=O) groups is 2. The second-order valence-electron chi connectivity index (χ2n) is 6.64. The SMILES string of the molecule is C=CC/C=C(\C=C/C)CC(=O)NC(=O)Nc1ccc(Oc2ccnc(NCC)c2)c(F)c1.CF. The normalized spacial score (nSPS) is 10.7. The minimum absolute atomic E-state index is 0.0102. The van der Waals surface area contributed by atoms with Crippen molar-refractivity contribution in [2.45, 2.75) is 26.7 Å². The highest BCUT2D eigenvalue weighted by Crippen LogP contribution is 2.27. The Bertz CT molecular complexity index is 1020. The number of aromatic nitrogens is 1. The van der Waals surface area contributed by atoms with Crippen molar-refractivity contribution in [1.29, 1.82) is 0 Å². The highest BCUT2D eigenvalue weighted by Gasteiger charge is 2.12. The summed E-state index contributed by atoms with van der Waals surface area (Å²) in [5, 5.41) is 7.71. The first kappa shape index (κ1) is 28.0. The van der Waals surface area contributed by atoms with Gasteiger partial charge in [-0.15, -0.1) is 6.58 Å². The fourth-order valence-corrected chi connectivity index (χ4v) is 2.71. The number of nitrogens with zero attached hydrogens (tertiary/aromatic N) is 1. The molecule has 9 heteroatoms. The zero-order valence-electron chi connectivity index (χ0n) is 19.5. The lowest BCUT2D eigenvalue weighted by Crippen LogP contribution is -2.34. The number of nitrogens with one attached hydrogen (secondary N) is 3. The van der Waals surface area contributed by atoms with Crippen molar-refractivity contribution in [2.75, 3.05) is 24.4 Å². The third-order valence-electron chi connectivity index (χ3n) is 4.05. The van der Waals surface area contributed by atoms with E-state index >= 15 is 0 Å². The van der Waals surface area contributed by atoms with E-state index in [4.69, 9.17) is 4.74 Å². The van der Waals surface area contributed by atoms with Gasteiger partial charge in [-0.1, -0.05) is 24.3 Å². The van der Waals surface area contributed by atoms with Gasteiger partial charge < -0.3 is 15.4 Å². The molecule has 0 unspecified atom stereocenters. The van der Waals surface area contributed by atoms with Gasteiger partial charge in [-0.2, -0.15) is 0 Å². The molecule has 1 aromatic heterocycles. The molecule has 0 radical (unpaired) electrons. The summed E-state index contributed by atoms with van der Waals surface area (Å²) in [6.07, 6.45) is 9.36. The van der Waals surface area contributed by atoms with Crippen LogP contribution in [0.3, 0.4) is 0 Å². The predicted octanol–water partition coefficient (Wildman–Crippen LogP) is 6.15. The number of benzene rings is 1. The Morgan fingerprint density at radius 2 is 1.97 bits per heavy atom. The number of imide groups is 1. The van der Waals surface area contributed by atoms with Gasteiger partial charge in [0.2, 0.25) is 5.91 Å². The molecule has 0 saturated carbocycles. The van der Waals surface area contributed by atoms with E-state index in [1.165, 1.54) is 12.1 Å². The molecule has 0 aliphatic heterocycles. The van der Waals surface area contributed by atoms with Crippen molar-refractivity contribution in [2.24, 2.45) is 0 Å². The van der Waals surface area contributed by atoms with E-state index in [2.05, 4.69) is 27.5 Å². The van der Waals surface area contributed by atoms with E-state index in [0.29, 0.717) is 31.7 Å². The fourth-order valence-electron chi connectivity index (χ4n) is 2.71. The van der Waals surface area contributed by atoms with Crippen molar-refractivity contribution in [3.8, 4) is 11.5 Å². The van der Waals surface area contributed by atoms with Gasteiger partial charge >= 0.3 is 6.03 Å². The number of urea groups is 1. The van der Waals surface area contributed by atoms with Crippen LogP contribution in [0.15, 0.2) is 73.0 Å². The Labute approximate surface area is 198 Å². The predicted molar refractivity (Wildman–Crippen MR) is 131 cm³/mol. The highest BCUT2D eigenvalue weighted by atomic mass is 19.1. The molecule has 3 amide bonds. The Morgan fingerprint density at radius 3 is 2.62 bits per heavy atom. The number of amides is 3. The van der Waals surface area contributed by atoms with Crippen LogP contribution in [0.5, 0.6) is 11.5 Å². The molecule has 3 N–H and O–H groups in total. The van der Waals surface area contributed by atoms with Gasteiger partial charge in [0, 0.05) is 30.6 Å². The quantitative estimate of drug-likeness (QED) is 0.285. The largest absolute Gasteiger partial charge is 0.454 e. The molecular formula is C25H30F2N4O3. The second-order valence-corrected chi connectivity index (χ2v) is 6.64. The molecule has 0 bridgehead atoms. The Morgan fingerprint density at radius 1 is 1.21 bits per heavy atom. The van der Waals surface area contributed by atoms with Crippen LogP contribution in [-0.2, 0) is 4.79 Å². The Kier molecular flexibility index (Phi) is 13.0. The molecule has 0 aliphatic carbocycles. The van der Waals surface area contributed by atoms with Gasteiger partial charge in [-0.05, 0) is 44.0 Å². The molecule has 2 rings (SSSR count). The molecule has 0 saturated heterocycles. The van der Waals surface area contributed by atoms with Crippen LogP contribution in [0.2, 0.25) is 0 Å². The third-order valence-corrected chi connectivity index (χ3v) is 4.05. The zero-order chi connectivity index (χ0) is 25.3. The minimum Gasteiger partial charge on any atom is -0.454 e. The summed E-state index contributed by atoms with van der Waals surface area (Å²) >= 11 is 0. The number of carbonyl (C=O) groups excluding carboxylic acids is 2. The topological polar surface area (TPSA) is 92.4 Å². The number of alkyl halides is 1. The molecule has 0 spiro atoms. The molecule has 7 nitrogen and oxygen atoms in total. The monoisotopic (exact) mass is 472 g/mol. The average molecular weight is 473 g/mol. The maximum absolute atomic E-state index is 14.5. The lowest BCUT2D eigenvalue weighted by atomic mass is 10.1. The van der Waals surface area contributed by atoms with Gasteiger partial charge in [0.15, 0.2) is 11.6 Å². The van der Waals surface area contributed by atoms with Crippen molar-refractivity contribution in [3.05, 3.63) is 78.8 Å². The number of ether oxygens (including phenoxy) is 1. The maximum atomic E-state index is 14.5. The number of anilines is 2. The van der Waals surface area contributed by atoms with Crippen LogP contribution in [0.25, 0.3) is 0 Å². The number of rotatable bonds is 10. The van der Waals surface area contributed by atoms with Crippen molar-refractivity contribution >= 4 is 23.4 Å². The van der Waals surface area contributed by atoms with E-state index in [1.54, 1.807) is 30.5 Å².